The molecule has 32 heavy (non-hydrogen) atoms. The second-order valence-electron chi connectivity index (χ2n) is 7.49. The van der Waals surface area contributed by atoms with E-state index < -0.39 is 0 Å². The fraction of sp³-hybridized carbons (Fsp3) is 0.304. The number of carbonyl (C=O) groups is 2. The molecule has 9 heteroatoms. The topological polar surface area (TPSA) is 113 Å². The molecule has 0 bridgehead atoms. The van der Waals surface area contributed by atoms with Crippen molar-refractivity contribution in [2.75, 3.05) is 7.05 Å². The first-order valence-electron chi connectivity index (χ1n) is 10.6. The number of para-hydroxylation sites is 1. The molecular formula is C23H25N5O3S. The Hall–Kier alpha value is -3.46. The molecule has 2 amide bonds. The molecule has 1 atom stereocenters. The lowest BCUT2D eigenvalue weighted by molar-refractivity contribution is -0.120. The van der Waals surface area contributed by atoms with E-state index in [2.05, 4.69) is 25.6 Å². The third-order valence-corrected chi connectivity index (χ3v) is 6.10. The summed E-state index contributed by atoms with van der Waals surface area (Å²) in [5, 5.41) is 6.73. The number of aromatic amines is 1. The maximum atomic E-state index is 12.7. The number of thiazole rings is 1. The second-order valence-corrected chi connectivity index (χ2v) is 8.38. The summed E-state index contributed by atoms with van der Waals surface area (Å²) in [6.07, 6.45) is 8.76. The van der Waals surface area contributed by atoms with Crippen LogP contribution >= 0.6 is 11.3 Å². The van der Waals surface area contributed by atoms with Gasteiger partial charge in [0, 0.05) is 24.4 Å². The molecule has 0 saturated heterocycles. The molecule has 0 aliphatic heterocycles. The Morgan fingerprint density at radius 3 is 2.91 bits per heavy atom. The number of imidazole rings is 1. The molecule has 3 aromatic heterocycles. The minimum absolute atomic E-state index is 0.0443. The number of hydrogen-bond donors (Lipinski definition) is 3. The lowest BCUT2D eigenvalue weighted by Gasteiger charge is -2.16. The summed E-state index contributed by atoms with van der Waals surface area (Å²) in [5.74, 6) is 0.560. The van der Waals surface area contributed by atoms with Crippen molar-refractivity contribution in [3.8, 4) is 11.3 Å². The molecule has 3 heterocycles. The van der Waals surface area contributed by atoms with Gasteiger partial charge in [0.1, 0.15) is 16.3 Å². The molecule has 0 fully saturated rings. The van der Waals surface area contributed by atoms with Crippen LogP contribution in [0.2, 0.25) is 0 Å². The van der Waals surface area contributed by atoms with E-state index in [0.717, 1.165) is 41.5 Å². The van der Waals surface area contributed by atoms with E-state index in [1.807, 2.05) is 24.3 Å². The number of H-pyrrole nitrogens is 1. The van der Waals surface area contributed by atoms with Gasteiger partial charge in [-0.25, -0.2) is 4.98 Å². The molecule has 0 radical (unpaired) electrons. The summed E-state index contributed by atoms with van der Waals surface area (Å²) in [6, 6.07) is 7.59. The van der Waals surface area contributed by atoms with E-state index in [1.54, 1.807) is 31.2 Å². The fourth-order valence-electron chi connectivity index (χ4n) is 3.63. The molecule has 0 aliphatic carbocycles. The highest BCUT2D eigenvalue weighted by atomic mass is 32.1. The monoisotopic (exact) mass is 451 g/mol. The molecule has 3 N–H and O–H groups in total. The van der Waals surface area contributed by atoms with Crippen molar-refractivity contribution in [3.05, 3.63) is 59.1 Å². The zero-order valence-electron chi connectivity index (χ0n) is 17.8. The van der Waals surface area contributed by atoms with Crippen LogP contribution in [0.25, 0.3) is 22.2 Å². The summed E-state index contributed by atoms with van der Waals surface area (Å²) >= 11 is 1.30. The van der Waals surface area contributed by atoms with Gasteiger partial charge in [0.25, 0.3) is 5.91 Å². The molecule has 0 spiro atoms. The normalized spacial score (nSPS) is 12.0. The van der Waals surface area contributed by atoms with Crippen molar-refractivity contribution in [1.29, 1.82) is 0 Å². The van der Waals surface area contributed by atoms with Crippen molar-refractivity contribution in [1.82, 2.24) is 25.6 Å². The predicted molar refractivity (Wildman–Crippen MR) is 123 cm³/mol. The Morgan fingerprint density at radius 2 is 2.09 bits per heavy atom. The maximum Gasteiger partial charge on any atom is 0.263 e. The van der Waals surface area contributed by atoms with E-state index in [4.69, 9.17) is 4.42 Å². The van der Waals surface area contributed by atoms with Crippen LogP contribution < -0.4 is 10.6 Å². The predicted octanol–water partition coefficient (Wildman–Crippen LogP) is 4.45. The Balaban J connectivity index is 1.49. The SMILES string of the molecule is CNC(=O)CCCCCC(NC(=O)c1cncs1)c1ncc(-c2cccc3ccoc23)[nH]1. The molecule has 4 aromatic rings. The Bertz CT molecular complexity index is 1180. The number of aromatic nitrogens is 3. The van der Waals surface area contributed by atoms with Gasteiger partial charge in [-0.3, -0.25) is 14.6 Å². The number of fused-ring (bicyclic) bond motifs is 1. The van der Waals surface area contributed by atoms with Crippen LogP contribution in [0.3, 0.4) is 0 Å². The largest absolute Gasteiger partial charge is 0.464 e. The van der Waals surface area contributed by atoms with Gasteiger partial charge in [-0.2, -0.15) is 0 Å². The molecule has 4 rings (SSSR count). The van der Waals surface area contributed by atoms with E-state index in [9.17, 15) is 9.59 Å². The van der Waals surface area contributed by atoms with Crippen LogP contribution in [0.1, 0.15) is 53.6 Å². The Morgan fingerprint density at radius 1 is 1.19 bits per heavy atom. The number of benzene rings is 1. The van der Waals surface area contributed by atoms with Crippen LogP contribution in [0, 0.1) is 0 Å². The smallest absolute Gasteiger partial charge is 0.263 e. The van der Waals surface area contributed by atoms with E-state index in [1.165, 1.54) is 11.3 Å². The third kappa shape index (κ3) is 5.05. The average Bonchev–Trinajstić information content (AvgIpc) is 3.58. The number of nitrogens with one attached hydrogen (secondary N) is 3. The van der Waals surface area contributed by atoms with Crippen LogP contribution in [0.15, 0.2) is 52.9 Å². The van der Waals surface area contributed by atoms with Crippen LogP contribution in [0.5, 0.6) is 0 Å². The minimum Gasteiger partial charge on any atom is -0.464 e. The van der Waals surface area contributed by atoms with Crippen molar-refractivity contribution < 1.29 is 14.0 Å². The molecule has 1 unspecified atom stereocenters. The Labute approximate surface area is 189 Å². The summed E-state index contributed by atoms with van der Waals surface area (Å²) in [5.41, 5.74) is 4.18. The summed E-state index contributed by atoms with van der Waals surface area (Å²) in [7, 11) is 1.64. The molecule has 166 valence electrons. The molecule has 0 saturated carbocycles. The van der Waals surface area contributed by atoms with E-state index in [-0.39, 0.29) is 17.9 Å². The van der Waals surface area contributed by atoms with Gasteiger partial charge in [0.05, 0.1) is 35.9 Å². The summed E-state index contributed by atoms with van der Waals surface area (Å²) in [4.78, 5) is 36.6. The lowest BCUT2D eigenvalue weighted by atomic mass is 10.1. The number of unbranched alkanes of at least 4 members (excludes halogenated alkanes) is 2. The van der Waals surface area contributed by atoms with Gasteiger partial charge in [-0.05, 0) is 25.0 Å². The Kier molecular flexibility index (Phi) is 6.96. The van der Waals surface area contributed by atoms with Crippen LogP contribution in [0.4, 0.5) is 0 Å². The van der Waals surface area contributed by atoms with E-state index >= 15 is 0 Å². The standard InChI is InChI=1S/C23H25N5O3S/c1-24-20(29)9-4-2-3-8-17(28-23(30)19-13-25-14-32-19)22-26-12-18(27-22)16-7-5-6-15-10-11-31-21(15)16/h5-7,10-14,17H,2-4,8-9H2,1H3,(H,24,29)(H,26,27)(H,28,30). The van der Waals surface area contributed by atoms with Gasteiger partial charge in [0.2, 0.25) is 5.91 Å². The molecule has 1 aromatic carbocycles. The average molecular weight is 452 g/mol. The van der Waals surface area contributed by atoms with Gasteiger partial charge in [-0.1, -0.05) is 25.0 Å². The highest BCUT2D eigenvalue weighted by Gasteiger charge is 2.20. The molecule has 8 nitrogen and oxygen atoms in total. The number of hydrogen-bond acceptors (Lipinski definition) is 6. The number of carbonyl (C=O) groups excluding carboxylic acids is 2. The quantitative estimate of drug-likeness (QED) is 0.308. The van der Waals surface area contributed by atoms with Crippen LogP contribution in [-0.4, -0.2) is 33.8 Å². The first-order valence-corrected chi connectivity index (χ1v) is 11.4. The fourth-order valence-corrected chi connectivity index (χ4v) is 4.15. The molecule has 0 aliphatic rings. The van der Waals surface area contributed by atoms with Gasteiger partial charge >= 0.3 is 0 Å². The third-order valence-electron chi connectivity index (χ3n) is 5.33. The first-order chi connectivity index (χ1) is 15.7. The first kappa shape index (κ1) is 21.8. The highest BCUT2D eigenvalue weighted by molar-refractivity contribution is 7.11. The van der Waals surface area contributed by atoms with Gasteiger partial charge < -0.3 is 20.0 Å². The summed E-state index contributed by atoms with van der Waals surface area (Å²) < 4.78 is 5.65. The maximum absolute atomic E-state index is 12.7. The highest BCUT2D eigenvalue weighted by Crippen LogP contribution is 2.29. The van der Waals surface area contributed by atoms with Crippen molar-refractivity contribution >= 4 is 34.1 Å². The number of rotatable bonds is 10. The second kappa shape index (κ2) is 10.2. The van der Waals surface area contributed by atoms with Crippen molar-refractivity contribution in [2.24, 2.45) is 0 Å². The van der Waals surface area contributed by atoms with Gasteiger partial charge in [-0.15, -0.1) is 11.3 Å². The number of nitrogens with zero attached hydrogens (tertiary/aromatic N) is 2. The minimum atomic E-state index is -0.283. The van der Waals surface area contributed by atoms with E-state index in [0.29, 0.717) is 23.5 Å². The van der Waals surface area contributed by atoms with Gasteiger partial charge in [0.15, 0.2) is 0 Å². The summed E-state index contributed by atoms with van der Waals surface area (Å²) in [6.45, 7) is 0. The van der Waals surface area contributed by atoms with Crippen molar-refractivity contribution in [2.45, 2.75) is 38.1 Å². The number of amides is 2. The van der Waals surface area contributed by atoms with Crippen molar-refractivity contribution in [3.63, 3.8) is 0 Å². The lowest BCUT2D eigenvalue weighted by Crippen LogP contribution is -2.28. The zero-order chi connectivity index (χ0) is 22.3. The molecular weight excluding hydrogens is 426 g/mol. The van der Waals surface area contributed by atoms with Crippen LogP contribution in [-0.2, 0) is 4.79 Å². The zero-order valence-corrected chi connectivity index (χ0v) is 18.6. The number of furan rings is 1.